The highest BCUT2D eigenvalue weighted by molar-refractivity contribution is 6.20. The van der Waals surface area contributed by atoms with Crippen molar-refractivity contribution >= 4 is 23.6 Å². The Morgan fingerprint density at radius 1 is 1.23 bits per heavy atom. The Balaban J connectivity index is 1.83. The maximum absolute atomic E-state index is 12.0. The normalized spacial score (nSPS) is 19.0. The fraction of sp³-hybridized carbons (Fsp3) is 0.462. The summed E-state index contributed by atoms with van der Waals surface area (Å²) in [6, 6.07) is 0. The number of aldehydes is 1. The number of allylic oxidation sites excluding steroid dienone is 5. The second kappa shape index (κ2) is 12.3. The van der Waals surface area contributed by atoms with Crippen molar-refractivity contribution < 1.29 is 9.59 Å². The molecule has 0 atom stereocenters. The fourth-order valence-electron chi connectivity index (χ4n) is 4.69. The van der Waals surface area contributed by atoms with Crippen LogP contribution in [0.25, 0.3) is 5.57 Å². The van der Waals surface area contributed by atoms with Gasteiger partial charge in [-0.3, -0.25) is 9.59 Å². The Morgan fingerprint density at radius 2 is 1.94 bits per heavy atom. The van der Waals surface area contributed by atoms with E-state index in [1.54, 1.807) is 6.08 Å². The number of amidine groups is 1. The van der Waals surface area contributed by atoms with Crippen LogP contribution in [-0.4, -0.2) is 70.1 Å². The first-order valence-electron chi connectivity index (χ1n) is 12.2. The molecule has 1 amide bonds. The SMILES string of the molecule is C=C/N=C(N)\C(C(N)=O)=C(/C)N1CCC(c2nc(C(/C=C\C)=C/C=O)cn2CCN2CCC2)CC1. The highest BCUT2D eigenvalue weighted by Gasteiger charge is 2.28. The molecule has 3 rings (SSSR count). The fourth-order valence-corrected chi connectivity index (χ4v) is 4.69. The zero-order valence-electron chi connectivity index (χ0n) is 20.8. The van der Waals surface area contributed by atoms with E-state index in [1.807, 2.05) is 26.0 Å². The van der Waals surface area contributed by atoms with Crippen LogP contribution < -0.4 is 11.5 Å². The van der Waals surface area contributed by atoms with Crippen molar-refractivity contribution in [3.63, 3.8) is 0 Å². The number of piperidine rings is 1. The molecular weight excluding hydrogens is 442 g/mol. The predicted octanol–water partition coefficient (Wildman–Crippen LogP) is 2.19. The minimum Gasteiger partial charge on any atom is -0.383 e. The molecule has 2 aliphatic rings. The van der Waals surface area contributed by atoms with Crippen molar-refractivity contribution in [1.82, 2.24) is 19.4 Å². The third kappa shape index (κ3) is 6.36. The van der Waals surface area contributed by atoms with Crippen LogP contribution in [0.3, 0.4) is 0 Å². The van der Waals surface area contributed by atoms with E-state index in [9.17, 15) is 9.59 Å². The van der Waals surface area contributed by atoms with Crippen LogP contribution in [0.1, 0.15) is 50.5 Å². The maximum atomic E-state index is 12.0. The van der Waals surface area contributed by atoms with E-state index in [0.29, 0.717) is 0 Å². The number of hydrogen-bond donors (Lipinski definition) is 2. The van der Waals surface area contributed by atoms with Gasteiger partial charge in [0.25, 0.3) is 5.91 Å². The molecule has 0 bridgehead atoms. The molecule has 0 radical (unpaired) electrons. The molecule has 3 heterocycles. The summed E-state index contributed by atoms with van der Waals surface area (Å²) in [7, 11) is 0. The molecule has 188 valence electrons. The molecule has 4 N–H and O–H groups in total. The molecule has 1 aromatic heterocycles. The van der Waals surface area contributed by atoms with Gasteiger partial charge in [-0.05, 0) is 52.3 Å². The van der Waals surface area contributed by atoms with Crippen molar-refractivity contribution in [3.05, 3.63) is 60.0 Å². The van der Waals surface area contributed by atoms with Gasteiger partial charge in [-0.1, -0.05) is 18.7 Å². The van der Waals surface area contributed by atoms with Gasteiger partial charge in [-0.15, -0.1) is 0 Å². The van der Waals surface area contributed by atoms with Gasteiger partial charge in [-0.25, -0.2) is 9.98 Å². The number of aliphatic imine (C=N–C) groups is 1. The first kappa shape index (κ1) is 26.2. The zero-order chi connectivity index (χ0) is 25.4. The molecule has 1 aromatic rings. The van der Waals surface area contributed by atoms with Crippen LogP contribution >= 0.6 is 0 Å². The van der Waals surface area contributed by atoms with Gasteiger partial charge in [0.15, 0.2) is 0 Å². The molecule has 0 saturated carbocycles. The summed E-state index contributed by atoms with van der Waals surface area (Å²) in [4.78, 5) is 36.8. The van der Waals surface area contributed by atoms with E-state index in [-0.39, 0.29) is 17.3 Å². The summed E-state index contributed by atoms with van der Waals surface area (Å²) in [5.74, 6) is 0.795. The minimum atomic E-state index is -0.600. The Labute approximate surface area is 207 Å². The Hall–Kier alpha value is -3.46. The summed E-state index contributed by atoms with van der Waals surface area (Å²) in [5, 5.41) is 0. The number of primary amides is 1. The number of aromatic nitrogens is 2. The molecule has 0 spiro atoms. The Kier molecular flexibility index (Phi) is 9.19. The van der Waals surface area contributed by atoms with Crippen LogP contribution in [0.5, 0.6) is 0 Å². The Bertz CT molecular complexity index is 1050. The topological polar surface area (TPSA) is 123 Å². The third-order valence-corrected chi connectivity index (χ3v) is 6.73. The minimum absolute atomic E-state index is 0.0803. The van der Waals surface area contributed by atoms with Gasteiger partial charge < -0.3 is 25.8 Å². The predicted molar refractivity (Wildman–Crippen MR) is 139 cm³/mol. The van der Waals surface area contributed by atoms with Crippen molar-refractivity contribution in [1.29, 1.82) is 0 Å². The second-order valence-corrected chi connectivity index (χ2v) is 8.91. The lowest BCUT2D eigenvalue weighted by Crippen LogP contribution is -2.39. The van der Waals surface area contributed by atoms with Crippen molar-refractivity contribution in [3.8, 4) is 0 Å². The van der Waals surface area contributed by atoms with Crippen molar-refractivity contribution in [2.45, 2.75) is 45.6 Å². The van der Waals surface area contributed by atoms with E-state index in [2.05, 4.69) is 32.1 Å². The molecule has 9 heteroatoms. The van der Waals surface area contributed by atoms with Crippen LogP contribution in [0.15, 0.2) is 53.5 Å². The molecule has 0 aliphatic carbocycles. The summed E-state index contributed by atoms with van der Waals surface area (Å²) in [6.07, 6.45) is 12.6. The average molecular weight is 480 g/mol. The molecule has 2 fully saturated rings. The standard InChI is InChI=1S/C26H37N7O2/c1-4-7-20(10-17-34)22-18-33(16-15-31-11-6-12-31)26(30-22)21-8-13-32(14-9-21)19(3)23(25(28)35)24(27)29-5-2/h4-5,7,10,17-18,21H,2,6,8-9,11-16H2,1,3H3,(H2,27,29)(H2,28,35)/b7-4-,20-10+,23-19-. The molecule has 0 aromatic carbocycles. The highest BCUT2D eigenvalue weighted by Crippen LogP contribution is 2.31. The summed E-state index contributed by atoms with van der Waals surface area (Å²) in [6.45, 7) is 13.0. The van der Waals surface area contributed by atoms with Crippen LogP contribution in [-0.2, 0) is 16.1 Å². The Morgan fingerprint density at radius 3 is 2.49 bits per heavy atom. The number of hydrogen-bond acceptors (Lipinski definition) is 6. The first-order chi connectivity index (χ1) is 16.9. The van der Waals surface area contributed by atoms with Crippen LogP contribution in [0, 0.1) is 0 Å². The van der Waals surface area contributed by atoms with Crippen LogP contribution in [0.2, 0.25) is 0 Å². The van der Waals surface area contributed by atoms with E-state index in [4.69, 9.17) is 16.5 Å². The van der Waals surface area contributed by atoms with Crippen molar-refractivity contribution in [2.75, 3.05) is 32.7 Å². The zero-order valence-corrected chi connectivity index (χ0v) is 20.8. The number of carbonyl (C=O) groups excluding carboxylic acids is 2. The van der Waals surface area contributed by atoms with Gasteiger partial charge in [0.2, 0.25) is 0 Å². The lowest BCUT2D eigenvalue weighted by molar-refractivity contribution is -0.114. The summed E-state index contributed by atoms with van der Waals surface area (Å²) < 4.78 is 2.25. The molecule has 2 aliphatic heterocycles. The van der Waals surface area contributed by atoms with E-state index in [0.717, 1.165) is 81.2 Å². The number of amides is 1. The quantitative estimate of drug-likeness (QED) is 0.165. The summed E-state index contributed by atoms with van der Waals surface area (Å²) >= 11 is 0. The van der Waals surface area contributed by atoms with Crippen molar-refractivity contribution in [2.24, 2.45) is 16.5 Å². The van der Waals surface area contributed by atoms with Gasteiger partial charge in [0, 0.05) is 55.8 Å². The molecule has 2 saturated heterocycles. The third-order valence-electron chi connectivity index (χ3n) is 6.73. The lowest BCUT2D eigenvalue weighted by atomic mass is 9.95. The number of nitrogens with zero attached hydrogens (tertiary/aromatic N) is 5. The number of carbonyl (C=O) groups is 2. The molecule has 9 nitrogen and oxygen atoms in total. The van der Waals surface area contributed by atoms with Gasteiger partial charge in [0.05, 0.1) is 11.3 Å². The van der Waals surface area contributed by atoms with Gasteiger partial charge in [-0.2, -0.15) is 0 Å². The molecule has 35 heavy (non-hydrogen) atoms. The smallest absolute Gasteiger partial charge is 0.254 e. The monoisotopic (exact) mass is 479 g/mol. The largest absolute Gasteiger partial charge is 0.383 e. The van der Waals surface area contributed by atoms with Crippen LogP contribution in [0.4, 0.5) is 0 Å². The van der Waals surface area contributed by atoms with Gasteiger partial charge >= 0.3 is 0 Å². The van der Waals surface area contributed by atoms with E-state index >= 15 is 0 Å². The lowest BCUT2D eigenvalue weighted by Gasteiger charge is -2.35. The molecular formula is C26H37N7O2. The number of imidazole rings is 1. The van der Waals surface area contributed by atoms with E-state index < -0.39 is 5.91 Å². The number of rotatable bonds is 11. The summed E-state index contributed by atoms with van der Waals surface area (Å²) in [5.41, 5.74) is 14.2. The van der Waals surface area contributed by atoms with E-state index in [1.165, 1.54) is 12.6 Å². The van der Waals surface area contributed by atoms with Gasteiger partial charge in [0.1, 0.15) is 17.9 Å². The number of likely N-dealkylation sites (tertiary alicyclic amines) is 2. The highest BCUT2D eigenvalue weighted by atomic mass is 16.1. The average Bonchev–Trinajstić information content (AvgIpc) is 3.22. The maximum Gasteiger partial charge on any atom is 0.254 e. The second-order valence-electron chi connectivity index (χ2n) is 8.91. The molecule has 0 unspecified atom stereocenters. The number of nitrogens with two attached hydrogens (primary N) is 2. The first-order valence-corrected chi connectivity index (χ1v) is 12.2.